The fourth-order valence-electron chi connectivity index (χ4n) is 2.15. The topological polar surface area (TPSA) is 99.3 Å². The van der Waals surface area contributed by atoms with E-state index < -0.39 is 0 Å². The number of furan rings is 1. The van der Waals surface area contributed by atoms with Crippen LogP contribution in [0, 0.1) is 13.8 Å². The molecule has 4 heterocycles. The zero-order chi connectivity index (χ0) is 16.7. The molecule has 4 rings (SSSR count). The van der Waals surface area contributed by atoms with E-state index >= 15 is 0 Å². The number of aryl methyl sites for hydroxylation is 2. The lowest BCUT2D eigenvalue weighted by Gasteiger charge is -1.97. The Morgan fingerprint density at radius 2 is 2.21 bits per heavy atom. The Bertz CT molecular complexity index is 1080. The third-order valence-corrected chi connectivity index (χ3v) is 4.91. The first-order valence-electron chi connectivity index (χ1n) is 6.97. The molecule has 8 nitrogen and oxygen atoms in total. The highest BCUT2D eigenvalue weighted by Crippen LogP contribution is 2.27. The van der Waals surface area contributed by atoms with Crippen molar-refractivity contribution in [1.29, 1.82) is 0 Å². The average Bonchev–Trinajstić information content (AvgIpc) is 3.24. The maximum absolute atomic E-state index is 12.0. The number of hydrogen-bond acceptors (Lipinski definition) is 9. The Balaban J connectivity index is 1.54. The summed E-state index contributed by atoms with van der Waals surface area (Å²) in [6.07, 6.45) is 1.57. The van der Waals surface area contributed by atoms with E-state index in [-0.39, 0.29) is 5.56 Å². The van der Waals surface area contributed by atoms with E-state index in [2.05, 4.69) is 20.3 Å². The van der Waals surface area contributed by atoms with Crippen LogP contribution in [0.15, 0.2) is 37.2 Å². The third kappa shape index (κ3) is 2.74. The molecule has 0 saturated carbocycles. The van der Waals surface area contributed by atoms with Crippen LogP contribution in [0.2, 0.25) is 0 Å². The van der Waals surface area contributed by atoms with Crippen LogP contribution in [0.5, 0.6) is 0 Å². The second-order valence-corrected chi connectivity index (χ2v) is 7.04. The fraction of sp³-hybridized carbons (Fsp3) is 0.214. The highest BCUT2D eigenvalue weighted by atomic mass is 32.2. The summed E-state index contributed by atoms with van der Waals surface area (Å²) in [6.45, 7) is 3.67. The van der Waals surface area contributed by atoms with Crippen LogP contribution in [0.1, 0.15) is 16.5 Å². The van der Waals surface area contributed by atoms with Crippen molar-refractivity contribution in [3.63, 3.8) is 0 Å². The van der Waals surface area contributed by atoms with Gasteiger partial charge in [0.15, 0.2) is 0 Å². The van der Waals surface area contributed by atoms with E-state index in [1.807, 2.05) is 13.8 Å². The standard InChI is InChI=1S/C14H11N5O3S2/c1-7-10(3-4-21-7)12-16-17-14(22-12)23-6-9-5-11(20)19-13(15-9)24-8(2)18-19/h3-5H,6H2,1-2H3. The molecule has 4 aromatic rings. The van der Waals surface area contributed by atoms with Crippen LogP contribution in [-0.2, 0) is 5.75 Å². The van der Waals surface area contributed by atoms with Crippen LogP contribution in [0.3, 0.4) is 0 Å². The van der Waals surface area contributed by atoms with Gasteiger partial charge in [0, 0.05) is 11.8 Å². The Morgan fingerprint density at radius 3 is 3.00 bits per heavy atom. The summed E-state index contributed by atoms with van der Waals surface area (Å²) in [5.74, 6) is 1.58. The van der Waals surface area contributed by atoms with Crippen LogP contribution in [0.4, 0.5) is 0 Å². The highest BCUT2D eigenvalue weighted by molar-refractivity contribution is 7.98. The number of hydrogen-bond donors (Lipinski definition) is 0. The summed E-state index contributed by atoms with van der Waals surface area (Å²) in [4.78, 5) is 17.0. The Hall–Kier alpha value is -2.46. The molecule has 0 aliphatic carbocycles. The number of fused-ring (bicyclic) bond motifs is 1. The second kappa shape index (κ2) is 5.87. The van der Waals surface area contributed by atoms with Crippen LogP contribution < -0.4 is 5.56 Å². The molecule has 0 amide bonds. The summed E-state index contributed by atoms with van der Waals surface area (Å²) >= 11 is 2.70. The van der Waals surface area contributed by atoms with E-state index in [1.165, 1.54) is 33.7 Å². The maximum Gasteiger partial charge on any atom is 0.277 e. The molecule has 0 radical (unpaired) electrons. The van der Waals surface area contributed by atoms with Crippen molar-refractivity contribution in [2.24, 2.45) is 0 Å². The summed E-state index contributed by atoms with van der Waals surface area (Å²) in [5.41, 5.74) is 1.22. The molecule has 0 aliphatic heterocycles. The first kappa shape index (κ1) is 15.1. The lowest BCUT2D eigenvalue weighted by atomic mass is 10.3. The minimum atomic E-state index is -0.194. The molecule has 0 atom stereocenters. The number of thioether (sulfide) groups is 1. The lowest BCUT2D eigenvalue weighted by molar-refractivity contribution is 0.463. The maximum atomic E-state index is 12.0. The molecule has 0 N–H and O–H groups in total. The van der Waals surface area contributed by atoms with Gasteiger partial charge in [0.1, 0.15) is 10.8 Å². The minimum absolute atomic E-state index is 0.194. The minimum Gasteiger partial charge on any atom is -0.469 e. The first-order chi connectivity index (χ1) is 11.6. The van der Waals surface area contributed by atoms with Gasteiger partial charge in [-0.15, -0.1) is 10.2 Å². The lowest BCUT2D eigenvalue weighted by Crippen LogP contribution is -2.15. The van der Waals surface area contributed by atoms with Gasteiger partial charge in [0.2, 0.25) is 4.96 Å². The number of nitrogens with zero attached hydrogens (tertiary/aromatic N) is 5. The predicted molar refractivity (Wildman–Crippen MR) is 88.2 cm³/mol. The first-order valence-corrected chi connectivity index (χ1v) is 8.77. The largest absolute Gasteiger partial charge is 0.469 e. The molecule has 10 heteroatoms. The van der Waals surface area contributed by atoms with Crippen molar-refractivity contribution < 1.29 is 8.83 Å². The molecule has 122 valence electrons. The van der Waals surface area contributed by atoms with Gasteiger partial charge in [0.25, 0.3) is 16.7 Å². The van der Waals surface area contributed by atoms with Gasteiger partial charge < -0.3 is 8.83 Å². The van der Waals surface area contributed by atoms with Crippen LogP contribution >= 0.6 is 23.1 Å². The van der Waals surface area contributed by atoms with Crippen molar-refractivity contribution in [3.8, 4) is 11.5 Å². The van der Waals surface area contributed by atoms with Crippen molar-refractivity contribution in [2.45, 2.75) is 24.8 Å². The predicted octanol–water partition coefficient (Wildman–Crippen LogP) is 2.70. The smallest absolute Gasteiger partial charge is 0.277 e. The van der Waals surface area contributed by atoms with Gasteiger partial charge in [-0.05, 0) is 19.9 Å². The van der Waals surface area contributed by atoms with Gasteiger partial charge in [-0.25, -0.2) is 4.98 Å². The molecule has 0 bridgehead atoms. The Labute approximate surface area is 143 Å². The molecular weight excluding hydrogens is 350 g/mol. The Morgan fingerprint density at radius 1 is 1.33 bits per heavy atom. The summed E-state index contributed by atoms with van der Waals surface area (Å²) in [6, 6.07) is 3.25. The van der Waals surface area contributed by atoms with Gasteiger partial charge >= 0.3 is 0 Å². The molecule has 0 spiro atoms. The van der Waals surface area contributed by atoms with Gasteiger partial charge in [-0.1, -0.05) is 23.1 Å². The van der Waals surface area contributed by atoms with E-state index in [0.717, 1.165) is 16.3 Å². The van der Waals surface area contributed by atoms with E-state index in [0.29, 0.717) is 27.5 Å². The van der Waals surface area contributed by atoms with Crippen molar-refractivity contribution >= 4 is 28.1 Å². The van der Waals surface area contributed by atoms with Crippen molar-refractivity contribution in [2.75, 3.05) is 0 Å². The number of rotatable bonds is 4. The molecular formula is C14H11N5O3S2. The van der Waals surface area contributed by atoms with Crippen molar-refractivity contribution in [1.82, 2.24) is 24.8 Å². The van der Waals surface area contributed by atoms with Crippen molar-refractivity contribution in [3.05, 3.63) is 45.2 Å². The molecule has 4 aromatic heterocycles. The van der Waals surface area contributed by atoms with Gasteiger partial charge in [-0.3, -0.25) is 4.79 Å². The molecule has 0 aliphatic rings. The SMILES string of the molecule is Cc1nn2c(=O)cc(CSc3nnc(-c4ccoc4C)o3)nc2s1. The summed E-state index contributed by atoms with van der Waals surface area (Å²) < 4.78 is 12.1. The highest BCUT2D eigenvalue weighted by Gasteiger charge is 2.14. The third-order valence-electron chi connectivity index (χ3n) is 3.24. The normalized spacial score (nSPS) is 11.4. The molecule has 0 fully saturated rings. The molecule has 0 aromatic carbocycles. The second-order valence-electron chi connectivity index (χ2n) is 4.95. The Kier molecular flexibility index (Phi) is 3.69. The average molecular weight is 361 g/mol. The molecule has 0 saturated heterocycles. The summed E-state index contributed by atoms with van der Waals surface area (Å²) in [7, 11) is 0. The molecule has 0 unspecified atom stereocenters. The van der Waals surface area contributed by atoms with E-state index in [9.17, 15) is 4.79 Å². The van der Waals surface area contributed by atoms with E-state index in [4.69, 9.17) is 8.83 Å². The van der Waals surface area contributed by atoms with Crippen LogP contribution in [-0.4, -0.2) is 24.8 Å². The summed E-state index contributed by atoms with van der Waals surface area (Å²) in [5, 5.41) is 13.3. The number of aromatic nitrogens is 5. The fourth-order valence-corrected chi connectivity index (χ4v) is 3.57. The van der Waals surface area contributed by atoms with Gasteiger partial charge in [0.05, 0.1) is 17.5 Å². The zero-order valence-electron chi connectivity index (χ0n) is 12.7. The molecule has 24 heavy (non-hydrogen) atoms. The monoisotopic (exact) mass is 361 g/mol. The van der Waals surface area contributed by atoms with Crippen LogP contribution in [0.25, 0.3) is 16.4 Å². The quantitative estimate of drug-likeness (QED) is 0.512. The van der Waals surface area contributed by atoms with Gasteiger partial charge in [-0.2, -0.15) is 9.61 Å². The zero-order valence-corrected chi connectivity index (χ0v) is 14.3. The van der Waals surface area contributed by atoms with E-state index in [1.54, 1.807) is 12.3 Å².